The van der Waals surface area contributed by atoms with Crippen LogP contribution in [0.15, 0.2) is 41.3 Å². The fraction of sp³-hybridized carbons (Fsp3) is 0.273. The van der Waals surface area contributed by atoms with Gasteiger partial charge in [-0.3, -0.25) is 25.2 Å². The minimum Gasteiger partial charge on any atom is -0.493 e. The molecule has 31 heavy (non-hydrogen) atoms. The summed E-state index contributed by atoms with van der Waals surface area (Å²) in [7, 11) is 1.47. The Kier molecular flexibility index (Phi) is 6.54. The number of rotatable bonds is 6. The molecule has 3 aromatic rings. The molecule has 0 unspecified atom stereocenters. The van der Waals surface area contributed by atoms with Crippen molar-refractivity contribution in [2.24, 2.45) is 0 Å². The van der Waals surface area contributed by atoms with E-state index < -0.39 is 17.2 Å². The molecule has 0 bridgehead atoms. The van der Waals surface area contributed by atoms with E-state index in [2.05, 4.69) is 15.8 Å². The number of benzene rings is 1. The molecule has 0 fully saturated rings. The fourth-order valence-electron chi connectivity index (χ4n) is 3.10. The van der Waals surface area contributed by atoms with Gasteiger partial charge in [-0.2, -0.15) is 0 Å². The van der Waals surface area contributed by atoms with Crippen molar-refractivity contribution in [2.75, 3.05) is 13.7 Å². The van der Waals surface area contributed by atoms with E-state index in [-0.39, 0.29) is 11.1 Å². The number of carbonyl (C=O) groups excluding carboxylic acids is 2. The van der Waals surface area contributed by atoms with Gasteiger partial charge in [-0.15, -0.1) is 0 Å². The molecule has 9 heteroatoms. The van der Waals surface area contributed by atoms with Crippen LogP contribution in [0.1, 0.15) is 40.3 Å². The largest absolute Gasteiger partial charge is 0.493 e. The lowest BCUT2D eigenvalue weighted by Gasteiger charge is -2.13. The molecule has 3 rings (SSSR count). The van der Waals surface area contributed by atoms with Gasteiger partial charge in [0.2, 0.25) is 5.43 Å². The molecule has 2 amide bonds. The second-order valence-electron chi connectivity index (χ2n) is 6.69. The van der Waals surface area contributed by atoms with E-state index in [4.69, 9.17) is 9.47 Å². The molecule has 1 aromatic carbocycles. The molecule has 0 atom stereocenters. The predicted octanol–water partition coefficient (Wildman–Crippen LogP) is 2.21. The molecule has 0 radical (unpaired) electrons. The molecule has 2 N–H and O–H groups in total. The lowest BCUT2D eigenvalue weighted by molar-refractivity contribution is 0.0845. The summed E-state index contributed by atoms with van der Waals surface area (Å²) in [4.78, 5) is 42.3. The summed E-state index contributed by atoms with van der Waals surface area (Å²) in [6.07, 6.45) is 1.44. The Balaban J connectivity index is 1.82. The number of nitrogens with zero attached hydrogens (tertiary/aromatic N) is 2. The molecule has 0 aliphatic rings. The monoisotopic (exact) mass is 424 g/mol. The lowest BCUT2D eigenvalue weighted by atomic mass is 10.1. The van der Waals surface area contributed by atoms with Crippen LogP contribution in [0.25, 0.3) is 11.0 Å². The Morgan fingerprint density at radius 2 is 1.81 bits per heavy atom. The Morgan fingerprint density at radius 3 is 2.48 bits per heavy atom. The number of pyridine rings is 2. The highest BCUT2D eigenvalue weighted by atomic mass is 16.5. The minimum absolute atomic E-state index is 0.0930. The van der Waals surface area contributed by atoms with Crippen LogP contribution in [0.2, 0.25) is 0 Å². The lowest BCUT2D eigenvalue weighted by Crippen LogP contribution is -2.43. The third-order valence-electron chi connectivity index (χ3n) is 4.66. The zero-order valence-electron chi connectivity index (χ0n) is 17.8. The van der Waals surface area contributed by atoms with Gasteiger partial charge < -0.3 is 14.0 Å². The Morgan fingerprint density at radius 1 is 1.06 bits per heavy atom. The second kappa shape index (κ2) is 9.29. The smallest absolute Gasteiger partial charge is 0.275 e. The zero-order chi connectivity index (χ0) is 22.5. The van der Waals surface area contributed by atoms with Crippen LogP contribution in [-0.4, -0.2) is 35.1 Å². The van der Waals surface area contributed by atoms with Gasteiger partial charge in [-0.25, -0.2) is 4.98 Å². The van der Waals surface area contributed by atoms with Gasteiger partial charge in [-0.1, -0.05) is 0 Å². The maximum atomic E-state index is 12.8. The number of amides is 2. The zero-order valence-corrected chi connectivity index (χ0v) is 17.8. The quantitative estimate of drug-likeness (QED) is 0.587. The van der Waals surface area contributed by atoms with Gasteiger partial charge in [-0.05, 0) is 51.1 Å². The van der Waals surface area contributed by atoms with E-state index >= 15 is 0 Å². The highest BCUT2D eigenvalue weighted by Gasteiger charge is 2.17. The topological polar surface area (TPSA) is 112 Å². The van der Waals surface area contributed by atoms with Gasteiger partial charge >= 0.3 is 0 Å². The summed E-state index contributed by atoms with van der Waals surface area (Å²) < 4.78 is 12.4. The Labute approximate surface area is 179 Å². The van der Waals surface area contributed by atoms with Crippen molar-refractivity contribution < 1.29 is 19.1 Å². The molecule has 2 heterocycles. The number of fused-ring (bicyclic) bond motifs is 1. The predicted molar refractivity (Wildman–Crippen MR) is 116 cm³/mol. The van der Waals surface area contributed by atoms with Gasteiger partial charge in [0.1, 0.15) is 11.2 Å². The summed E-state index contributed by atoms with van der Waals surface area (Å²) in [6, 6.07) is 8.02. The third-order valence-corrected chi connectivity index (χ3v) is 4.66. The maximum absolute atomic E-state index is 12.8. The van der Waals surface area contributed by atoms with Crippen LogP contribution in [-0.2, 0) is 6.54 Å². The van der Waals surface area contributed by atoms with Gasteiger partial charge in [0.25, 0.3) is 11.8 Å². The number of aromatic nitrogens is 2. The number of hydrazine groups is 1. The highest BCUT2D eigenvalue weighted by Crippen LogP contribution is 2.27. The van der Waals surface area contributed by atoms with Crippen molar-refractivity contribution in [1.29, 1.82) is 0 Å². The van der Waals surface area contributed by atoms with E-state index in [1.807, 2.05) is 20.8 Å². The van der Waals surface area contributed by atoms with Crippen LogP contribution in [0.4, 0.5) is 0 Å². The van der Waals surface area contributed by atoms with Crippen LogP contribution in [0.5, 0.6) is 11.5 Å². The molecular formula is C22H24N4O5. The SMILES string of the molecule is CCOc1ccc(C(=O)NNC(=O)c2cn(CC)c3nc(C)ccc3c2=O)cc1OC. The summed E-state index contributed by atoms with van der Waals surface area (Å²) in [5.41, 5.74) is 5.60. The second-order valence-corrected chi connectivity index (χ2v) is 6.69. The summed E-state index contributed by atoms with van der Waals surface area (Å²) in [6.45, 7) is 6.53. The van der Waals surface area contributed by atoms with E-state index in [0.717, 1.165) is 5.69 Å². The highest BCUT2D eigenvalue weighted by molar-refractivity contribution is 6.00. The van der Waals surface area contributed by atoms with Crippen LogP contribution in [0.3, 0.4) is 0 Å². The number of aryl methyl sites for hydroxylation is 2. The van der Waals surface area contributed by atoms with E-state index in [1.54, 1.807) is 28.8 Å². The Bertz CT molecular complexity index is 1200. The fourth-order valence-corrected chi connectivity index (χ4v) is 3.10. The van der Waals surface area contributed by atoms with Gasteiger partial charge in [0.05, 0.1) is 19.1 Å². The molecule has 0 saturated heterocycles. The van der Waals surface area contributed by atoms with Gasteiger partial charge in [0.15, 0.2) is 11.5 Å². The Hall–Kier alpha value is -3.88. The normalized spacial score (nSPS) is 10.6. The van der Waals surface area contributed by atoms with E-state index in [0.29, 0.717) is 35.7 Å². The number of hydrogen-bond acceptors (Lipinski definition) is 6. The first-order chi connectivity index (χ1) is 14.9. The third kappa shape index (κ3) is 4.50. The standard InChI is InChI=1S/C22H24N4O5/c1-5-26-12-16(19(27)15-9-7-13(3)23-20(15)26)22(29)25-24-21(28)14-8-10-17(31-6-2)18(11-14)30-4/h7-12H,5-6H2,1-4H3,(H,24,28)(H,25,29). The average Bonchev–Trinajstić information content (AvgIpc) is 2.77. The van der Waals surface area contributed by atoms with Crippen LogP contribution in [0, 0.1) is 6.92 Å². The van der Waals surface area contributed by atoms with Crippen molar-refractivity contribution in [3.63, 3.8) is 0 Å². The van der Waals surface area contributed by atoms with Crippen molar-refractivity contribution in [1.82, 2.24) is 20.4 Å². The van der Waals surface area contributed by atoms with Crippen molar-refractivity contribution in [3.05, 3.63) is 63.6 Å². The van der Waals surface area contributed by atoms with Gasteiger partial charge in [0, 0.05) is 24.0 Å². The molecular weight excluding hydrogens is 400 g/mol. The molecule has 2 aromatic heterocycles. The number of hydrogen-bond donors (Lipinski definition) is 2. The summed E-state index contributed by atoms with van der Waals surface area (Å²) >= 11 is 0. The first-order valence-corrected chi connectivity index (χ1v) is 9.81. The number of carbonyl (C=O) groups is 2. The first kappa shape index (κ1) is 21.8. The van der Waals surface area contributed by atoms with E-state index in [1.165, 1.54) is 19.4 Å². The number of nitrogens with one attached hydrogen (secondary N) is 2. The van der Waals surface area contributed by atoms with Crippen molar-refractivity contribution >= 4 is 22.8 Å². The van der Waals surface area contributed by atoms with Crippen LogP contribution >= 0.6 is 0 Å². The summed E-state index contributed by atoms with van der Waals surface area (Å²) in [5.74, 6) is -0.390. The van der Waals surface area contributed by atoms with Crippen molar-refractivity contribution in [3.8, 4) is 11.5 Å². The molecule has 0 aliphatic carbocycles. The minimum atomic E-state index is -0.721. The maximum Gasteiger partial charge on any atom is 0.275 e. The number of methoxy groups -OCH3 is 1. The van der Waals surface area contributed by atoms with Crippen molar-refractivity contribution in [2.45, 2.75) is 27.3 Å². The molecule has 162 valence electrons. The molecule has 9 nitrogen and oxygen atoms in total. The first-order valence-electron chi connectivity index (χ1n) is 9.81. The van der Waals surface area contributed by atoms with Crippen LogP contribution < -0.4 is 25.8 Å². The number of ether oxygens (including phenoxy) is 2. The molecule has 0 saturated carbocycles. The van der Waals surface area contributed by atoms with E-state index in [9.17, 15) is 14.4 Å². The average molecular weight is 424 g/mol. The molecule has 0 spiro atoms. The summed E-state index contributed by atoms with van der Waals surface area (Å²) in [5, 5.41) is 0.336. The molecule has 0 aliphatic heterocycles.